The maximum absolute atomic E-state index is 11.9. The summed E-state index contributed by atoms with van der Waals surface area (Å²) in [6, 6.07) is 3.46. The molecule has 1 aromatic heterocycles. The smallest absolute Gasteiger partial charge is 0.242 e. The quantitative estimate of drug-likeness (QED) is 0.826. The van der Waals surface area contributed by atoms with E-state index in [4.69, 9.17) is 5.73 Å². The number of likely N-dealkylation sites (N-methyl/N-ethyl adjacent to an activating group) is 1. The predicted octanol–water partition coefficient (Wildman–Crippen LogP) is 1.11. The van der Waals surface area contributed by atoms with E-state index in [1.807, 2.05) is 32.9 Å². The molecule has 0 aliphatic heterocycles. The van der Waals surface area contributed by atoms with E-state index in [-0.39, 0.29) is 24.3 Å². The minimum absolute atomic E-state index is 0.0138. The van der Waals surface area contributed by atoms with Crippen molar-refractivity contribution in [1.82, 2.24) is 10.2 Å². The van der Waals surface area contributed by atoms with E-state index in [2.05, 4.69) is 5.32 Å². The number of hydrogen-bond donors (Lipinski definition) is 2. The molecule has 0 aliphatic carbocycles. The lowest BCUT2D eigenvalue weighted by molar-refractivity contribution is -0.132. The summed E-state index contributed by atoms with van der Waals surface area (Å²) >= 11 is 1.67. The Kier molecular flexibility index (Phi) is 6.16. The Morgan fingerprint density at radius 1 is 1.40 bits per heavy atom. The monoisotopic (exact) mass is 297 g/mol. The van der Waals surface area contributed by atoms with Gasteiger partial charge in [0.2, 0.25) is 11.8 Å². The first-order valence-electron chi connectivity index (χ1n) is 6.63. The summed E-state index contributed by atoms with van der Waals surface area (Å²) in [7, 11) is 1.73. The summed E-state index contributed by atoms with van der Waals surface area (Å²) in [4.78, 5) is 27.5. The van der Waals surface area contributed by atoms with Gasteiger partial charge in [0.25, 0.3) is 0 Å². The molecule has 3 N–H and O–H groups in total. The Hall–Kier alpha value is -1.40. The second kappa shape index (κ2) is 7.40. The predicted molar refractivity (Wildman–Crippen MR) is 81.4 cm³/mol. The van der Waals surface area contributed by atoms with Crippen LogP contribution in [0.3, 0.4) is 0 Å². The Labute approximate surface area is 124 Å². The van der Waals surface area contributed by atoms with Crippen molar-refractivity contribution in [2.75, 3.05) is 13.6 Å². The largest absolute Gasteiger partial charge is 0.346 e. The van der Waals surface area contributed by atoms with Gasteiger partial charge in [0.05, 0.1) is 19.1 Å². The van der Waals surface area contributed by atoms with Crippen LogP contribution in [0, 0.1) is 12.8 Å². The Bertz CT molecular complexity index is 471. The van der Waals surface area contributed by atoms with Gasteiger partial charge in [0, 0.05) is 16.8 Å². The summed E-state index contributed by atoms with van der Waals surface area (Å²) in [5, 5.41) is 2.58. The Morgan fingerprint density at radius 3 is 2.55 bits per heavy atom. The number of nitrogens with one attached hydrogen (secondary N) is 1. The molecule has 1 atom stereocenters. The van der Waals surface area contributed by atoms with Crippen LogP contribution >= 0.6 is 11.3 Å². The van der Waals surface area contributed by atoms with Crippen LogP contribution < -0.4 is 11.1 Å². The molecule has 0 aliphatic rings. The molecular formula is C14H23N3O2S. The van der Waals surface area contributed by atoms with Crippen LogP contribution in [-0.4, -0.2) is 36.3 Å². The third-order valence-corrected chi connectivity index (χ3v) is 4.04. The zero-order chi connectivity index (χ0) is 15.3. The fourth-order valence-corrected chi connectivity index (χ4v) is 2.55. The van der Waals surface area contributed by atoms with Crippen molar-refractivity contribution in [3.63, 3.8) is 0 Å². The van der Waals surface area contributed by atoms with Crippen molar-refractivity contribution < 1.29 is 9.59 Å². The van der Waals surface area contributed by atoms with Gasteiger partial charge >= 0.3 is 0 Å². The highest BCUT2D eigenvalue weighted by Gasteiger charge is 2.18. The lowest BCUT2D eigenvalue weighted by Gasteiger charge is -2.19. The number of aryl methyl sites for hydroxylation is 1. The maximum atomic E-state index is 11.9. The number of rotatable bonds is 6. The second-order valence-corrected chi connectivity index (χ2v) is 6.62. The summed E-state index contributed by atoms with van der Waals surface area (Å²) in [5.74, 6) is -0.356. The number of nitrogens with two attached hydrogens (primary N) is 1. The van der Waals surface area contributed by atoms with E-state index >= 15 is 0 Å². The van der Waals surface area contributed by atoms with E-state index in [1.54, 1.807) is 23.3 Å². The summed E-state index contributed by atoms with van der Waals surface area (Å²) in [6.45, 7) is 6.32. The number of amides is 2. The average Bonchev–Trinajstić information content (AvgIpc) is 2.79. The van der Waals surface area contributed by atoms with E-state index in [1.165, 1.54) is 4.88 Å². The SMILES string of the molecule is Cc1ccc(CN(C)C(=O)CNC(=O)[C@@H](N)C(C)C)s1. The first-order chi connectivity index (χ1) is 9.31. The number of thiophene rings is 1. The summed E-state index contributed by atoms with van der Waals surface area (Å²) < 4.78 is 0. The van der Waals surface area contributed by atoms with Gasteiger partial charge in [0.1, 0.15) is 0 Å². The highest BCUT2D eigenvalue weighted by atomic mass is 32.1. The minimum Gasteiger partial charge on any atom is -0.346 e. The number of hydrogen-bond acceptors (Lipinski definition) is 4. The van der Waals surface area contributed by atoms with E-state index in [0.29, 0.717) is 6.54 Å². The zero-order valence-electron chi connectivity index (χ0n) is 12.5. The maximum Gasteiger partial charge on any atom is 0.242 e. The van der Waals surface area contributed by atoms with Gasteiger partial charge in [-0.15, -0.1) is 11.3 Å². The molecule has 0 bridgehead atoms. The molecule has 1 heterocycles. The molecule has 112 valence electrons. The van der Waals surface area contributed by atoms with Crippen LogP contribution in [0.25, 0.3) is 0 Å². The van der Waals surface area contributed by atoms with E-state index in [0.717, 1.165) is 4.88 Å². The van der Waals surface area contributed by atoms with Crippen LogP contribution in [0.15, 0.2) is 12.1 Å². The van der Waals surface area contributed by atoms with E-state index in [9.17, 15) is 9.59 Å². The molecule has 0 aromatic carbocycles. The molecule has 1 aromatic rings. The molecule has 0 saturated carbocycles. The van der Waals surface area contributed by atoms with Crippen LogP contribution in [0.4, 0.5) is 0 Å². The van der Waals surface area contributed by atoms with Gasteiger partial charge in [-0.25, -0.2) is 0 Å². The van der Waals surface area contributed by atoms with Crippen molar-refractivity contribution in [1.29, 1.82) is 0 Å². The fraction of sp³-hybridized carbons (Fsp3) is 0.571. The fourth-order valence-electron chi connectivity index (χ4n) is 1.61. The molecule has 20 heavy (non-hydrogen) atoms. The number of carbonyl (C=O) groups excluding carboxylic acids is 2. The molecule has 6 heteroatoms. The van der Waals surface area contributed by atoms with Crippen molar-refractivity contribution in [2.45, 2.75) is 33.4 Å². The molecular weight excluding hydrogens is 274 g/mol. The molecule has 2 amide bonds. The van der Waals surface area contributed by atoms with Crippen LogP contribution in [0.2, 0.25) is 0 Å². The van der Waals surface area contributed by atoms with Crippen LogP contribution in [0.1, 0.15) is 23.6 Å². The van der Waals surface area contributed by atoms with Gasteiger partial charge in [-0.05, 0) is 25.0 Å². The summed E-state index contributed by atoms with van der Waals surface area (Å²) in [6.07, 6.45) is 0. The topological polar surface area (TPSA) is 75.4 Å². The first-order valence-corrected chi connectivity index (χ1v) is 7.45. The van der Waals surface area contributed by atoms with Gasteiger partial charge in [0.15, 0.2) is 0 Å². The van der Waals surface area contributed by atoms with Crippen LogP contribution in [-0.2, 0) is 16.1 Å². The Morgan fingerprint density at radius 2 is 2.05 bits per heavy atom. The molecule has 5 nitrogen and oxygen atoms in total. The van der Waals surface area contributed by atoms with Crippen LogP contribution in [0.5, 0.6) is 0 Å². The van der Waals surface area contributed by atoms with Gasteiger partial charge < -0.3 is 16.0 Å². The van der Waals surface area contributed by atoms with Crippen molar-refractivity contribution in [2.24, 2.45) is 11.7 Å². The highest BCUT2D eigenvalue weighted by molar-refractivity contribution is 7.11. The molecule has 0 saturated heterocycles. The first kappa shape index (κ1) is 16.7. The number of carbonyl (C=O) groups is 2. The third kappa shape index (κ3) is 4.94. The lowest BCUT2D eigenvalue weighted by atomic mass is 10.1. The molecule has 0 fully saturated rings. The van der Waals surface area contributed by atoms with Gasteiger partial charge in [-0.3, -0.25) is 9.59 Å². The third-order valence-electron chi connectivity index (χ3n) is 3.05. The standard InChI is InChI=1S/C14H23N3O2S/c1-9(2)13(15)14(19)16-7-12(18)17(4)8-11-6-5-10(3)20-11/h5-6,9,13H,7-8,15H2,1-4H3,(H,16,19)/t13-/m0/s1. The lowest BCUT2D eigenvalue weighted by Crippen LogP contribution is -2.47. The molecule has 0 radical (unpaired) electrons. The second-order valence-electron chi connectivity index (χ2n) is 5.25. The molecule has 1 rings (SSSR count). The van der Waals surface area contributed by atoms with Crippen molar-refractivity contribution in [3.8, 4) is 0 Å². The average molecular weight is 297 g/mol. The molecule has 0 unspecified atom stereocenters. The summed E-state index contributed by atoms with van der Waals surface area (Å²) in [5.41, 5.74) is 5.71. The highest BCUT2D eigenvalue weighted by Crippen LogP contribution is 2.16. The van der Waals surface area contributed by atoms with Crippen molar-refractivity contribution >= 4 is 23.2 Å². The molecule has 0 spiro atoms. The normalized spacial score (nSPS) is 12.3. The van der Waals surface area contributed by atoms with Gasteiger partial charge in [-0.1, -0.05) is 13.8 Å². The van der Waals surface area contributed by atoms with Crippen molar-refractivity contribution in [3.05, 3.63) is 21.9 Å². The van der Waals surface area contributed by atoms with Gasteiger partial charge in [-0.2, -0.15) is 0 Å². The zero-order valence-corrected chi connectivity index (χ0v) is 13.3. The van der Waals surface area contributed by atoms with E-state index < -0.39 is 6.04 Å². The Balaban J connectivity index is 2.40. The minimum atomic E-state index is -0.576. The number of nitrogens with zero attached hydrogens (tertiary/aromatic N) is 1.